The summed E-state index contributed by atoms with van der Waals surface area (Å²) >= 11 is 4.66. The smallest absolute Gasteiger partial charge is 0.265 e. The molecule has 2 heterocycles. The number of hydrogen-bond donors (Lipinski definition) is 1. The highest BCUT2D eigenvalue weighted by Gasteiger charge is 2.25. The molecule has 134 valence electrons. The van der Waals surface area contributed by atoms with E-state index in [1.807, 2.05) is 0 Å². The molecule has 1 aromatic carbocycles. The molecule has 0 unspecified atom stereocenters. The molecule has 3 rings (SSSR count). The average molecular weight is 443 g/mol. The van der Waals surface area contributed by atoms with Crippen LogP contribution in [0.4, 0.5) is 5.69 Å². The van der Waals surface area contributed by atoms with Crippen LogP contribution in [0.2, 0.25) is 0 Å². The zero-order valence-electron chi connectivity index (χ0n) is 13.6. The molecule has 1 aliphatic rings. The first-order valence-electron chi connectivity index (χ1n) is 8.14. The van der Waals surface area contributed by atoms with Crippen LogP contribution in [-0.4, -0.2) is 31.7 Å². The molecular weight excluding hydrogens is 424 g/mol. The quantitative estimate of drug-likeness (QED) is 0.765. The van der Waals surface area contributed by atoms with Crippen LogP contribution in [0.5, 0.6) is 0 Å². The number of sulfonamides is 1. The van der Waals surface area contributed by atoms with Gasteiger partial charge in [0.25, 0.3) is 5.91 Å². The summed E-state index contributed by atoms with van der Waals surface area (Å²) in [7, 11) is -3.53. The second-order valence-electron chi connectivity index (χ2n) is 5.90. The Labute approximate surface area is 160 Å². The molecule has 0 bridgehead atoms. The molecule has 1 saturated heterocycles. The van der Waals surface area contributed by atoms with E-state index in [2.05, 4.69) is 21.2 Å². The van der Waals surface area contributed by atoms with E-state index >= 15 is 0 Å². The fourth-order valence-corrected chi connectivity index (χ4v) is 5.64. The Kier molecular flexibility index (Phi) is 5.93. The molecule has 5 nitrogen and oxygen atoms in total. The second kappa shape index (κ2) is 7.99. The Morgan fingerprint density at radius 2 is 1.80 bits per heavy atom. The van der Waals surface area contributed by atoms with Crippen LogP contribution in [0, 0.1) is 0 Å². The van der Waals surface area contributed by atoms with Gasteiger partial charge in [-0.25, -0.2) is 8.42 Å². The van der Waals surface area contributed by atoms with Crippen LogP contribution in [0.25, 0.3) is 0 Å². The third-order valence-corrected chi connectivity index (χ3v) is 7.61. The minimum Gasteiger partial charge on any atom is -0.321 e. The van der Waals surface area contributed by atoms with Crippen LogP contribution in [0.1, 0.15) is 35.4 Å². The zero-order chi connectivity index (χ0) is 17.9. The fourth-order valence-electron chi connectivity index (χ4n) is 2.79. The van der Waals surface area contributed by atoms with Gasteiger partial charge in [0.2, 0.25) is 10.0 Å². The molecule has 2 aromatic rings. The lowest BCUT2D eigenvalue weighted by atomic mass is 10.2. The second-order valence-corrected chi connectivity index (χ2v) is 10.3. The summed E-state index contributed by atoms with van der Waals surface area (Å²) in [5, 5.41) is 2.77. The Bertz CT molecular complexity index is 856. The normalized spacial score (nSPS) is 16.4. The number of benzene rings is 1. The number of carbonyl (C=O) groups is 1. The molecule has 0 atom stereocenters. The number of hydrogen-bond acceptors (Lipinski definition) is 4. The van der Waals surface area contributed by atoms with Gasteiger partial charge in [-0.15, -0.1) is 11.3 Å². The summed E-state index contributed by atoms with van der Waals surface area (Å²) in [5.41, 5.74) is 0.477. The van der Waals surface area contributed by atoms with E-state index in [4.69, 9.17) is 0 Å². The number of rotatable bonds is 4. The van der Waals surface area contributed by atoms with Gasteiger partial charge < -0.3 is 5.32 Å². The Morgan fingerprint density at radius 1 is 1.08 bits per heavy atom. The van der Waals surface area contributed by atoms with Gasteiger partial charge in [0, 0.05) is 18.8 Å². The van der Waals surface area contributed by atoms with Crippen LogP contribution in [0.15, 0.2) is 45.1 Å². The molecule has 1 aromatic heterocycles. The monoisotopic (exact) mass is 442 g/mol. The van der Waals surface area contributed by atoms with Crippen molar-refractivity contribution in [1.82, 2.24) is 4.31 Å². The van der Waals surface area contributed by atoms with Crippen molar-refractivity contribution in [3.05, 3.63) is 45.1 Å². The lowest BCUT2D eigenvalue weighted by Crippen LogP contribution is -2.32. The zero-order valence-corrected chi connectivity index (χ0v) is 16.8. The maximum atomic E-state index is 12.9. The highest BCUT2D eigenvalue weighted by molar-refractivity contribution is 9.11. The van der Waals surface area contributed by atoms with Gasteiger partial charge in [-0.3, -0.25) is 4.79 Å². The van der Waals surface area contributed by atoms with E-state index in [9.17, 15) is 13.2 Å². The lowest BCUT2D eigenvalue weighted by molar-refractivity contribution is 0.103. The molecule has 1 N–H and O–H groups in total. The van der Waals surface area contributed by atoms with E-state index in [0.717, 1.165) is 29.5 Å². The number of carbonyl (C=O) groups excluding carboxylic acids is 1. The Hall–Kier alpha value is -1.22. The van der Waals surface area contributed by atoms with Crippen LogP contribution >= 0.6 is 27.3 Å². The average Bonchev–Trinajstić information content (AvgIpc) is 2.85. The van der Waals surface area contributed by atoms with Crippen molar-refractivity contribution in [2.75, 3.05) is 18.4 Å². The van der Waals surface area contributed by atoms with Gasteiger partial charge in [-0.05, 0) is 59.1 Å². The molecule has 0 radical (unpaired) electrons. The Balaban J connectivity index is 1.79. The van der Waals surface area contributed by atoms with Gasteiger partial charge in [0.15, 0.2) is 0 Å². The van der Waals surface area contributed by atoms with E-state index in [0.29, 0.717) is 23.7 Å². The molecule has 0 aliphatic carbocycles. The van der Waals surface area contributed by atoms with Crippen molar-refractivity contribution in [2.45, 2.75) is 30.6 Å². The fraction of sp³-hybridized carbons (Fsp3) is 0.353. The summed E-state index contributed by atoms with van der Waals surface area (Å²) < 4.78 is 28.1. The molecule has 0 saturated carbocycles. The molecule has 0 spiro atoms. The largest absolute Gasteiger partial charge is 0.321 e. The minimum atomic E-state index is -3.53. The first-order chi connectivity index (χ1) is 12.0. The van der Waals surface area contributed by atoms with E-state index in [1.54, 1.807) is 34.6 Å². The molecule has 25 heavy (non-hydrogen) atoms. The number of anilines is 1. The van der Waals surface area contributed by atoms with E-state index in [1.165, 1.54) is 17.4 Å². The first-order valence-corrected chi connectivity index (χ1v) is 11.2. The van der Waals surface area contributed by atoms with E-state index in [-0.39, 0.29) is 10.8 Å². The van der Waals surface area contributed by atoms with Crippen LogP contribution in [0.3, 0.4) is 0 Å². The molecular formula is C17H19BrN2O3S2. The molecule has 1 amide bonds. The Morgan fingerprint density at radius 3 is 2.44 bits per heavy atom. The van der Waals surface area contributed by atoms with Crippen molar-refractivity contribution in [3.8, 4) is 0 Å². The van der Waals surface area contributed by atoms with Gasteiger partial charge in [-0.1, -0.05) is 18.9 Å². The highest BCUT2D eigenvalue weighted by Crippen LogP contribution is 2.25. The van der Waals surface area contributed by atoms with Gasteiger partial charge in [-0.2, -0.15) is 4.31 Å². The summed E-state index contributed by atoms with van der Waals surface area (Å²) in [6.07, 6.45) is 3.92. The number of halogens is 1. The van der Waals surface area contributed by atoms with Crippen molar-refractivity contribution in [3.63, 3.8) is 0 Å². The predicted molar refractivity (Wildman–Crippen MR) is 104 cm³/mol. The number of amides is 1. The van der Waals surface area contributed by atoms with Gasteiger partial charge >= 0.3 is 0 Å². The number of nitrogens with zero attached hydrogens (tertiary/aromatic N) is 1. The number of nitrogens with one attached hydrogen (secondary N) is 1. The third kappa shape index (κ3) is 4.49. The predicted octanol–water partition coefficient (Wildman–Crippen LogP) is 4.33. The third-order valence-electron chi connectivity index (χ3n) is 4.09. The number of thiophene rings is 1. The van der Waals surface area contributed by atoms with Gasteiger partial charge in [0.05, 0.1) is 13.6 Å². The van der Waals surface area contributed by atoms with Crippen molar-refractivity contribution < 1.29 is 13.2 Å². The van der Waals surface area contributed by atoms with Crippen molar-refractivity contribution in [1.29, 1.82) is 0 Å². The minimum absolute atomic E-state index is 0.222. The maximum absolute atomic E-state index is 12.9. The van der Waals surface area contributed by atoms with Crippen LogP contribution in [-0.2, 0) is 10.0 Å². The molecule has 1 aliphatic heterocycles. The van der Waals surface area contributed by atoms with Gasteiger partial charge in [0.1, 0.15) is 0 Å². The highest BCUT2D eigenvalue weighted by atomic mass is 79.9. The maximum Gasteiger partial charge on any atom is 0.265 e. The summed E-state index contributed by atoms with van der Waals surface area (Å²) in [6, 6.07) is 9.99. The summed E-state index contributed by atoms with van der Waals surface area (Å²) in [6.45, 7) is 1.12. The first kappa shape index (κ1) is 18.6. The van der Waals surface area contributed by atoms with Crippen molar-refractivity contribution in [2.24, 2.45) is 0 Å². The SMILES string of the molecule is O=C(Nc1cccc(S(=O)(=O)N2CCCCCC2)c1)c1ccc(Br)s1. The van der Waals surface area contributed by atoms with E-state index < -0.39 is 10.0 Å². The standard InChI is InChI=1S/C17H19BrN2O3S2/c18-16-9-8-15(24-16)17(21)19-13-6-5-7-14(12-13)25(22,23)20-10-3-1-2-4-11-20/h5-9,12H,1-4,10-11H2,(H,19,21). The van der Waals surface area contributed by atoms with Crippen molar-refractivity contribution >= 4 is 48.9 Å². The van der Waals surface area contributed by atoms with Crippen LogP contribution < -0.4 is 5.32 Å². The topological polar surface area (TPSA) is 66.5 Å². The summed E-state index contributed by atoms with van der Waals surface area (Å²) in [5.74, 6) is -0.250. The molecule has 1 fully saturated rings. The molecule has 8 heteroatoms. The lowest BCUT2D eigenvalue weighted by Gasteiger charge is -2.20. The summed E-state index contributed by atoms with van der Waals surface area (Å²) in [4.78, 5) is 13.0.